The Morgan fingerprint density at radius 1 is 1.04 bits per heavy atom. The first kappa shape index (κ1) is 16.8. The van der Waals surface area contributed by atoms with Gasteiger partial charge < -0.3 is 14.5 Å². The van der Waals surface area contributed by atoms with Gasteiger partial charge in [0.1, 0.15) is 5.75 Å². The summed E-state index contributed by atoms with van der Waals surface area (Å²) >= 11 is 0. The Kier molecular flexibility index (Phi) is 5.21. The lowest BCUT2D eigenvalue weighted by atomic mass is 9.87. The molecule has 2 rings (SSSR count). The monoisotopic (exact) mass is 315 g/mol. The minimum atomic E-state index is -0.579. The van der Waals surface area contributed by atoms with Crippen molar-refractivity contribution in [1.29, 1.82) is 0 Å². The summed E-state index contributed by atoms with van der Waals surface area (Å²) in [5.41, 5.74) is 1.66. The predicted molar refractivity (Wildman–Crippen MR) is 86.7 cm³/mol. The van der Waals surface area contributed by atoms with Gasteiger partial charge in [0.25, 0.3) is 0 Å². The molecule has 0 fully saturated rings. The van der Waals surface area contributed by atoms with E-state index in [-0.39, 0.29) is 24.4 Å². The van der Waals surface area contributed by atoms with Crippen LogP contribution in [-0.2, 0) is 14.9 Å². The van der Waals surface area contributed by atoms with E-state index in [1.54, 1.807) is 18.3 Å². The second-order valence-corrected chi connectivity index (χ2v) is 6.23. The average molecular weight is 315 g/mol. The molecule has 122 valence electrons. The Bertz CT molecular complexity index is 651. The van der Waals surface area contributed by atoms with Crippen LogP contribution in [0.3, 0.4) is 0 Å². The van der Waals surface area contributed by atoms with E-state index in [2.05, 4.69) is 25.8 Å². The fraction of sp³-hybridized carbons (Fsp3) is 0.333. The first-order valence-electron chi connectivity index (χ1n) is 7.42. The van der Waals surface area contributed by atoms with Crippen LogP contribution in [0.4, 0.5) is 0 Å². The normalized spacial score (nSPS) is 11.1. The van der Waals surface area contributed by atoms with Crippen LogP contribution in [0.25, 0.3) is 0 Å². The molecule has 5 heteroatoms. The first-order valence-corrected chi connectivity index (χ1v) is 7.42. The van der Waals surface area contributed by atoms with Crippen molar-refractivity contribution < 1.29 is 19.1 Å². The van der Waals surface area contributed by atoms with Gasteiger partial charge in [-0.1, -0.05) is 32.9 Å². The van der Waals surface area contributed by atoms with E-state index in [4.69, 9.17) is 9.47 Å². The minimum absolute atomic E-state index is 0.0651. The summed E-state index contributed by atoms with van der Waals surface area (Å²) < 4.78 is 10.3. The number of benzene rings is 1. The summed E-state index contributed by atoms with van der Waals surface area (Å²) in [4.78, 5) is 26.0. The lowest BCUT2D eigenvalue weighted by Crippen LogP contribution is -2.19. The van der Waals surface area contributed by atoms with Crippen LogP contribution in [0.2, 0.25) is 0 Å². The fourth-order valence-electron chi connectivity index (χ4n) is 1.96. The number of H-pyrrole nitrogens is 1. The number of hydrogen-bond acceptors (Lipinski definition) is 4. The average Bonchev–Trinajstić information content (AvgIpc) is 3.04. The summed E-state index contributed by atoms with van der Waals surface area (Å²) in [6.07, 6.45) is 1.64. The third kappa shape index (κ3) is 4.98. The van der Waals surface area contributed by atoms with E-state index in [1.165, 1.54) is 5.56 Å². The number of esters is 1. The predicted octanol–water partition coefficient (Wildman–Crippen LogP) is 3.12. The van der Waals surface area contributed by atoms with Gasteiger partial charge in [-0.25, -0.2) is 4.79 Å². The Hall–Kier alpha value is -2.56. The molecule has 0 amide bonds. The van der Waals surface area contributed by atoms with Crippen LogP contribution in [0.1, 0.15) is 36.8 Å². The van der Waals surface area contributed by atoms with E-state index in [0.29, 0.717) is 11.4 Å². The van der Waals surface area contributed by atoms with Crippen LogP contribution in [0, 0.1) is 0 Å². The molecule has 0 atom stereocenters. The van der Waals surface area contributed by atoms with Crippen molar-refractivity contribution in [3.8, 4) is 5.75 Å². The smallest absolute Gasteiger partial charge is 0.344 e. The molecule has 2 aromatic rings. The van der Waals surface area contributed by atoms with Gasteiger partial charge in [0.15, 0.2) is 13.2 Å². The summed E-state index contributed by atoms with van der Waals surface area (Å²) in [6.45, 7) is 5.85. The zero-order valence-corrected chi connectivity index (χ0v) is 13.6. The highest BCUT2D eigenvalue weighted by atomic mass is 16.6. The quantitative estimate of drug-likeness (QED) is 0.657. The van der Waals surface area contributed by atoms with Crippen molar-refractivity contribution >= 4 is 11.8 Å². The molecule has 1 N–H and O–H groups in total. The van der Waals surface area contributed by atoms with Gasteiger partial charge in [-0.15, -0.1) is 0 Å². The van der Waals surface area contributed by atoms with Crippen LogP contribution < -0.4 is 4.74 Å². The minimum Gasteiger partial charge on any atom is -0.482 e. The maximum absolute atomic E-state index is 11.7. The highest BCUT2D eigenvalue weighted by Gasteiger charge is 2.14. The maximum Gasteiger partial charge on any atom is 0.344 e. The third-order valence-electron chi connectivity index (χ3n) is 3.34. The number of Topliss-reactive ketones (excluding diaryl/α,β-unsaturated/α-hetero) is 1. The Morgan fingerprint density at radius 3 is 2.30 bits per heavy atom. The molecular formula is C18H21NO4. The fourth-order valence-corrected chi connectivity index (χ4v) is 1.96. The molecule has 0 aliphatic rings. The molecule has 0 aliphatic carbocycles. The first-order chi connectivity index (χ1) is 10.9. The lowest BCUT2D eigenvalue weighted by molar-refractivity contribution is -0.144. The third-order valence-corrected chi connectivity index (χ3v) is 3.34. The number of hydrogen-bond donors (Lipinski definition) is 1. The van der Waals surface area contributed by atoms with Crippen LogP contribution in [-0.4, -0.2) is 30.0 Å². The number of ketones is 1. The van der Waals surface area contributed by atoms with Crippen molar-refractivity contribution in [2.75, 3.05) is 13.2 Å². The van der Waals surface area contributed by atoms with Gasteiger partial charge in [-0.2, -0.15) is 0 Å². The lowest BCUT2D eigenvalue weighted by Gasteiger charge is -2.19. The van der Waals surface area contributed by atoms with E-state index >= 15 is 0 Å². The number of aromatic nitrogens is 1. The van der Waals surface area contributed by atoms with Gasteiger partial charge in [0.05, 0.1) is 5.69 Å². The zero-order chi connectivity index (χ0) is 16.9. The largest absolute Gasteiger partial charge is 0.482 e. The van der Waals surface area contributed by atoms with Gasteiger partial charge in [0.2, 0.25) is 5.78 Å². The van der Waals surface area contributed by atoms with Crippen molar-refractivity contribution in [2.45, 2.75) is 26.2 Å². The van der Waals surface area contributed by atoms with Crippen LogP contribution in [0.15, 0.2) is 42.6 Å². The van der Waals surface area contributed by atoms with Crippen LogP contribution in [0.5, 0.6) is 5.75 Å². The standard InChI is InChI=1S/C18H21NO4/c1-18(2,3)13-6-8-14(9-7-13)22-12-17(21)23-11-16(20)15-5-4-10-19-15/h4-10,19H,11-12H2,1-3H3. The van der Waals surface area contributed by atoms with Gasteiger partial charge >= 0.3 is 5.97 Å². The Morgan fingerprint density at radius 2 is 1.74 bits per heavy atom. The molecule has 0 aliphatic heterocycles. The molecule has 1 aromatic carbocycles. The second-order valence-electron chi connectivity index (χ2n) is 6.23. The van der Waals surface area contributed by atoms with Gasteiger partial charge in [-0.05, 0) is 35.2 Å². The number of carbonyl (C=O) groups excluding carboxylic acids is 2. The molecule has 1 aromatic heterocycles. The Labute approximate surface area is 135 Å². The SMILES string of the molecule is CC(C)(C)c1ccc(OCC(=O)OCC(=O)c2ccc[nH]2)cc1. The number of ether oxygens (including phenoxy) is 2. The summed E-state index contributed by atoms with van der Waals surface area (Å²) in [5.74, 6) is -0.270. The number of aromatic amines is 1. The molecule has 0 saturated heterocycles. The molecule has 0 unspecified atom stereocenters. The second kappa shape index (κ2) is 7.13. The van der Waals surface area contributed by atoms with Crippen molar-refractivity contribution in [1.82, 2.24) is 4.98 Å². The topological polar surface area (TPSA) is 68.4 Å². The zero-order valence-electron chi connectivity index (χ0n) is 13.6. The summed E-state index contributed by atoms with van der Waals surface area (Å²) in [5, 5.41) is 0. The highest BCUT2D eigenvalue weighted by Crippen LogP contribution is 2.24. The molecule has 0 saturated carbocycles. The molecule has 1 heterocycles. The molecule has 23 heavy (non-hydrogen) atoms. The molecule has 5 nitrogen and oxygen atoms in total. The van der Waals surface area contributed by atoms with E-state index in [9.17, 15) is 9.59 Å². The van der Waals surface area contributed by atoms with Gasteiger partial charge in [0, 0.05) is 6.20 Å². The maximum atomic E-state index is 11.7. The summed E-state index contributed by atoms with van der Waals surface area (Å²) in [7, 11) is 0. The molecule has 0 bridgehead atoms. The molecular weight excluding hydrogens is 294 g/mol. The van der Waals surface area contributed by atoms with Crippen molar-refractivity contribution in [2.24, 2.45) is 0 Å². The van der Waals surface area contributed by atoms with Crippen molar-refractivity contribution in [3.05, 3.63) is 53.9 Å². The Balaban J connectivity index is 1.77. The van der Waals surface area contributed by atoms with E-state index < -0.39 is 5.97 Å². The molecule has 0 spiro atoms. The summed E-state index contributed by atoms with van der Waals surface area (Å²) in [6, 6.07) is 10.9. The van der Waals surface area contributed by atoms with Crippen LogP contribution >= 0.6 is 0 Å². The van der Waals surface area contributed by atoms with Crippen molar-refractivity contribution in [3.63, 3.8) is 0 Å². The molecule has 0 radical (unpaired) electrons. The number of carbonyl (C=O) groups is 2. The number of rotatable bonds is 6. The van der Waals surface area contributed by atoms with E-state index in [0.717, 1.165) is 0 Å². The number of nitrogens with one attached hydrogen (secondary N) is 1. The van der Waals surface area contributed by atoms with Gasteiger partial charge in [-0.3, -0.25) is 4.79 Å². The van der Waals surface area contributed by atoms with E-state index in [1.807, 2.05) is 24.3 Å². The highest BCUT2D eigenvalue weighted by molar-refractivity contribution is 5.96.